The number of likely N-dealkylation sites (tertiary alicyclic amines) is 1. The Morgan fingerprint density at radius 1 is 1.14 bits per heavy atom. The van der Waals surface area contributed by atoms with Crippen molar-refractivity contribution in [3.8, 4) is 0 Å². The largest absolute Gasteiger partial charge is 0.356 e. The van der Waals surface area contributed by atoms with Gasteiger partial charge in [-0.05, 0) is 68.7 Å². The molecule has 2 aliphatic heterocycles. The Morgan fingerprint density at radius 3 is 2.59 bits per heavy atom. The number of aromatic nitrogens is 1. The van der Waals surface area contributed by atoms with Crippen molar-refractivity contribution in [1.29, 1.82) is 0 Å². The fraction of sp³-hybridized carbons (Fsp3) is 0.737. The molecule has 22 heavy (non-hydrogen) atoms. The Labute approximate surface area is 135 Å². The van der Waals surface area contributed by atoms with Crippen molar-refractivity contribution in [3.05, 3.63) is 23.4 Å². The molecule has 0 amide bonds. The van der Waals surface area contributed by atoms with Crippen LogP contribution in [-0.2, 0) is 0 Å². The van der Waals surface area contributed by atoms with E-state index in [1.54, 1.807) is 0 Å². The lowest BCUT2D eigenvalue weighted by Gasteiger charge is -2.30. The molecular formula is C19H31N3. The van der Waals surface area contributed by atoms with Crippen LogP contribution < -0.4 is 4.90 Å². The highest BCUT2D eigenvalue weighted by molar-refractivity contribution is 5.48. The first-order valence-electron chi connectivity index (χ1n) is 9.10. The van der Waals surface area contributed by atoms with Gasteiger partial charge in [-0.15, -0.1) is 0 Å². The van der Waals surface area contributed by atoms with Gasteiger partial charge in [-0.1, -0.05) is 13.8 Å². The molecule has 0 unspecified atom stereocenters. The summed E-state index contributed by atoms with van der Waals surface area (Å²) >= 11 is 0. The molecule has 2 aliphatic rings. The zero-order valence-corrected chi connectivity index (χ0v) is 14.5. The Bertz CT molecular complexity index is 491. The highest BCUT2D eigenvalue weighted by Gasteiger charge is 2.27. The zero-order chi connectivity index (χ0) is 15.5. The Morgan fingerprint density at radius 2 is 1.91 bits per heavy atom. The molecule has 2 fully saturated rings. The van der Waals surface area contributed by atoms with E-state index in [0.717, 1.165) is 5.92 Å². The molecule has 3 rings (SSSR count). The summed E-state index contributed by atoms with van der Waals surface area (Å²) in [5.41, 5.74) is 2.78. The second-order valence-electron chi connectivity index (χ2n) is 7.50. The highest BCUT2D eigenvalue weighted by atomic mass is 15.2. The van der Waals surface area contributed by atoms with Gasteiger partial charge in [0.1, 0.15) is 5.82 Å². The molecule has 0 radical (unpaired) electrons. The van der Waals surface area contributed by atoms with Gasteiger partial charge in [0.15, 0.2) is 0 Å². The predicted molar refractivity (Wildman–Crippen MR) is 93.4 cm³/mol. The number of hydrogen-bond acceptors (Lipinski definition) is 3. The molecule has 0 aliphatic carbocycles. The minimum Gasteiger partial charge on any atom is -0.356 e. The van der Waals surface area contributed by atoms with Gasteiger partial charge in [0.05, 0.1) is 0 Å². The molecule has 3 nitrogen and oxygen atoms in total. The first-order valence-corrected chi connectivity index (χ1v) is 9.10. The Hall–Kier alpha value is -1.09. The maximum Gasteiger partial charge on any atom is 0.131 e. The van der Waals surface area contributed by atoms with E-state index in [9.17, 15) is 0 Å². The predicted octanol–water partition coefficient (Wildman–Crippen LogP) is 4.17. The number of nitrogens with zero attached hydrogens (tertiary/aromatic N) is 3. The van der Waals surface area contributed by atoms with Crippen LogP contribution in [0.15, 0.2) is 12.3 Å². The SMILES string of the molecule is Cc1cc([C@H]2CCCN2CC(C)C)cnc1N1CCCCC1. The number of piperidine rings is 1. The van der Waals surface area contributed by atoms with Gasteiger partial charge in [0, 0.05) is 31.9 Å². The van der Waals surface area contributed by atoms with Crippen LogP contribution in [0.4, 0.5) is 5.82 Å². The molecule has 0 aromatic carbocycles. The van der Waals surface area contributed by atoms with Crippen LogP contribution in [0.5, 0.6) is 0 Å². The summed E-state index contributed by atoms with van der Waals surface area (Å²) in [4.78, 5) is 9.99. The second kappa shape index (κ2) is 6.99. The summed E-state index contributed by atoms with van der Waals surface area (Å²) in [5.74, 6) is 1.96. The van der Waals surface area contributed by atoms with E-state index in [-0.39, 0.29) is 0 Å². The van der Waals surface area contributed by atoms with E-state index in [1.165, 1.54) is 75.2 Å². The van der Waals surface area contributed by atoms with Gasteiger partial charge < -0.3 is 4.90 Å². The molecular weight excluding hydrogens is 270 g/mol. The Kier molecular flexibility index (Phi) is 5.02. The van der Waals surface area contributed by atoms with Crippen molar-refractivity contribution >= 4 is 5.82 Å². The maximum absolute atomic E-state index is 4.86. The molecule has 2 saturated heterocycles. The van der Waals surface area contributed by atoms with Crippen LogP contribution in [0.2, 0.25) is 0 Å². The second-order valence-corrected chi connectivity index (χ2v) is 7.50. The van der Waals surface area contributed by atoms with E-state index < -0.39 is 0 Å². The summed E-state index contributed by atoms with van der Waals surface area (Å²) in [6.07, 6.45) is 8.77. The average molecular weight is 301 g/mol. The van der Waals surface area contributed by atoms with Crippen molar-refractivity contribution in [2.24, 2.45) is 5.92 Å². The van der Waals surface area contributed by atoms with Crippen LogP contribution in [0.25, 0.3) is 0 Å². The van der Waals surface area contributed by atoms with Crippen LogP contribution >= 0.6 is 0 Å². The Balaban J connectivity index is 1.76. The van der Waals surface area contributed by atoms with Crippen LogP contribution in [0.3, 0.4) is 0 Å². The lowest BCUT2D eigenvalue weighted by molar-refractivity contribution is 0.228. The standard InChI is InChI=1S/C19H31N3/c1-15(2)14-22-11-7-8-18(22)17-12-16(3)19(20-13-17)21-9-5-4-6-10-21/h12-13,15,18H,4-11,14H2,1-3H3/t18-/m1/s1. The number of rotatable bonds is 4. The molecule has 0 saturated carbocycles. The van der Waals surface area contributed by atoms with E-state index in [2.05, 4.69) is 42.8 Å². The van der Waals surface area contributed by atoms with E-state index in [4.69, 9.17) is 4.98 Å². The van der Waals surface area contributed by atoms with E-state index >= 15 is 0 Å². The number of hydrogen-bond donors (Lipinski definition) is 0. The molecule has 0 spiro atoms. The molecule has 0 N–H and O–H groups in total. The molecule has 0 bridgehead atoms. The third-order valence-corrected chi connectivity index (χ3v) is 5.08. The van der Waals surface area contributed by atoms with Crippen molar-refractivity contribution in [2.75, 3.05) is 31.1 Å². The summed E-state index contributed by atoms with van der Waals surface area (Å²) in [5, 5.41) is 0. The fourth-order valence-electron chi connectivity index (χ4n) is 4.10. The van der Waals surface area contributed by atoms with Gasteiger partial charge in [-0.2, -0.15) is 0 Å². The number of anilines is 1. The summed E-state index contributed by atoms with van der Waals surface area (Å²) in [6, 6.07) is 2.99. The molecule has 1 aromatic rings. The molecule has 3 heterocycles. The highest BCUT2D eigenvalue weighted by Crippen LogP contribution is 2.34. The lowest BCUT2D eigenvalue weighted by atomic mass is 10.0. The van der Waals surface area contributed by atoms with Gasteiger partial charge in [0.2, 0.25) is 0 Å². The third kappa shape index (κ3) is 3.45. The van der Waals surface area contributed by atoms with Gasteiger partial charge in [-0.3, -0.25) is 4.90 Å². The number of aryl methyl sites for hydroxylation is 1. The first kappa shape index (κ1) is 15.8. The number of pyridine rings is 1. The molecule has 122 valence electrons. The topological polar surface area (TPSA) is 19.4 Å². The lowest BCUT2D eigenvalue weighted by Crippen LogP contribution is -2.31. The van der Waals surface area contributed by atoms with Crippen molar-refractivity contribution in [3.63, 3.8) is 0 Å². The van der Waals surface area contributed by atoms with E-state index in [0.29, 0.717) is 6.04 Å². The normalized spacial score (nSPS) is 23.5. The van der Waals surface area contributed by atoms with E-state index in [1.807, 2.05) is 0 Å². The first-order chi connectivity index (χ1) is 10.6. The van der Waals surface area contributed by atoms with Crippen molar-refractivity contribution < 1.29 is 0 Å². The van der Waals surface area contributed by atoms with Crippen LogP contribution in [0.1, 0.15) is 63.1 Å². The van der Waals surface area contributed by atoms with Crippen LogP contribution in [0, 0.1) is 12.8 Å². The smallest absolute Gasteiger partial charge is 0.131 e. The van der Waals surface area contributed by atoms with Gasteiger partial charge in [-0.25, -0.2) is 4.98 Å². The average Bonchev–Trinajstić information content (AvgIpc) is 2.95. The minimum atomic E-state index is 0.587. The van der Waals surface area contributed by atoms with Crippen molar-refractivity contribution in [2.45, 2.75) is 58.9 Å². The summed E-state index contributed by atoms with van der Waals surface area (Å²) in [6.45, 7) is 11.7. The summed E-state index contributed by atoms with van der Waals surface area (Å²) < 4.78 is 0. The van der Waals surface area contributed by atoms with Crippen molar-refractivity contribution in [1.82, 2.24) is 9.88 Å². The van der Waals surface area contributed by atoms with Gasteiger partial charge >= 0.3 is 0 Å². The maximum atomic E-state index is 4.86. The molecule has 3 heteroatoms. The minimum absolute atomic E-state index is 0.587. The third-order valence-electron chi connectivity index (χ3n) is 5.08. The summed E-state index contributed by atoms with van der Waals surface area (Å²) in [7, 11) is 0. The monoisotopic (exact) mass is 301 g/mol. The van der Waals surface area contributed by atoms with Crippen LogP contribution in [-0.4, -0.2) is 36.1 Å². The molecule has 1 atom stereocenters. The zero-order valence-electron chi connectivity index (χ0n) is 14.5. The van der Waals surface area contributed by atoms with Gasteiger partial charge in [0.25, 0.3) is 0 Å². The molecule has 1 aromatic heterocycles. The quantitative estimate of drug-likeness (QED) is 0.832. The fourth-order valence-corrected chi connectivity index (χ4v) is 4.10.